The molecule has 1 N–H and O–H groups in total. The highest BCUT2D eigenvalue weighted by atomic mass is 79.9. The molecule has 0 radical (unpaired) electrons. The van der Waals surface area contributed by atoms with Crippen LogP contribution in [0.1, 0.15) is 21.6 Å². The fourth-order valence-corrected chi connectivity index (χ4v) is 4.36. The summed E-state index contributed by atoms with van der Waals surface area (Å²) < 4.78 is 36.3. The number of nitrogens with zero attached hydrogens (tertiary/aromatic N) is 2. The number of anilines is 1. The minimum atomic E-state index is -0.981. The van der Waals surface area contributed by atoms with Crippen LogP contribution in [0, 0.1) is 18.6 Å². The van der Waals surface area contributed by atoms with Crippen molar-refractivity contribution in [1.29, 1.82) is 0 Å². The number of aromatic carboxylic acids is 1. The monoisotopic (exact) mass is 540 g/mol. The summed E-state index contributed by atoms with van der Waals surface area (Å²) >= 11 is 3.62. The first-order valence-electron chi connectivity index (χ1n) is 10.8. The van der Waals surface area contributed by atoms with Gasteiger partial charge in [-0.2, -0.15) is 0 Å². The number of aromatic nitrogens is 1. The van der Waals surface area contributed by atoms with Crippen LogP contribution in [0.4, 0.5) is 14.5 Å². The predicted molar refractivity (Wildman–Crippen MR) is 135 cm³/mol. The van der Waals surface area contributed by atoms with E-state index in [4.69, 9.17) is 4.74 Å². The first kappa shape index (κ1) is 24.5. The van der Waals surface area contributed by atoms with Crippen molar-refractivity contribution in [2.24, 2.45) is 0 Å². The first-order chi connectivity index (χ1) is 16.7. The van der Waals surface area contributed by atoms with Gasteiger partial charge in [-0.3, -0.25) is 0 Å². The minimum Gasteiger partial charge on any atom is -0.488 e. The van der Waals surface area contributed by atoms with Crippen molar-refractivity contribution in [2.45, 2.75) is 20.2 Å². The van der Waals surface area contributed by atoms with Gasteiger partial charge in [-0.1, -0.05) is 12.1 Å². The van der Waals surface area contributed by atoms with Crippen LogP contribution < -0.4 is 9.64 Å². The summed E-state index contributed by atoms with van der Waals surface area (Å²) in [5.41, 5.74) is 3.88. The Bertz CT molecular complexity index is 1390. The molecule has 1 heterocycles. The normalized spacial score (nSPS) is 10.9. The molecule has 0 aliphatic carbocycles. The Morgan fingerprint density at radius 2 is 1.83 bits per heavy atom. The topological polar surface area (TPSA) is 54.7 Å². The fraction of sp³-hybridized carbons (Fsp3) is 0.148. The molecule has 0 fully saturated rings. The Balaban J connectivity index is 1.65. The number of carboxylic acid groups (broad SMARTS) is 1. The zero-order valence-electron chi connectivity index (χ0n) is 19.1. The summed E-state index contributed by atoms with van der Waals surface area (Å²) in [6, 6.07) is 19.7. The molecule has 0 bridgehead atoms. The van der Waals surface area contributed by atoms with E-state index in [9.17, 15) is 18.7 Å². The number of aryl methyl sites for hydroxylation is 1. The highest BCUT2D eigenvalue weighted by molar-refractivity contribution is 9.10. The van der Waals surface area contributed by atoms with Gasteiger partial charge in [-0.05, 0) is 77.5 Å². The van der Waals surface area contributed by atoms with Crippen LogP contribution in [-0.2, 0) is 13.3 Å². The molecular formula is C27H23BrF2N2O3. The second kappa shape index (κ2) is 10.3. The van der Waals surface area contributed by atoms with Gasteiger partial charge in [0.2, 0.25) is 0 Å². The summed E-state index contributed by atoms with van der Waals surface area (Å²) in [5, 5.41) is 9.32. The van der Waals surface area contributed by atoms with Crippen molar-refractivity contribution in [3.8, 4) is 17.0 Å². The standard InChI is InChI=1S/C27H23BrF2N2O3/c1-17-9-12-24(32(17)16-31(2)21-6-3-5-18(13-21)27(33)34)26-22(28)7-4-8-25(26)35-15-19-10-11-20(29)14-23(19)30/h3-14H,15-16H2,1-2H3,(H,33,34). The third kappa shape index (κ3) is 5.38. The van der Waals surface area contributed by atoms with E-state index in [2.05, 4.69) is 20.5 Å². The predicted octanol–water partition coefficient (Wildman–Crippen LogP) is 6.88. The van der Waals surface area contributed by atoms with Gasteiger partial charge in [0.15, 0.2) is 0 Å². The maximum Gasteiger partial charge on any atom is 0.335 e. The van der Waals surface area contributed by atoms with E-state index in [0.29, 0.717) is 12.4 Å². The number of halogens is 3. The van der Waals surface area contributed by atoms with Crippen LogP contribution in [0.15, 0.2) is 77.3 Å². The SMILES string of the molecule is Cc1ccc(-c2c(Br)cccc2OCc2ccc(F)cc2F)n1CN(C)c1cccc(C(=O)O)c1. The van der Waals surface area contributed by atoms with Gasteiger partial charge in [0.05, 0.1) is 23.5 Å². The van der Waals surface area contributed by atoms with Crippen molar-refractivity contribution in [2.75, 3.05) is 11.9 Å². The van der Waals surface area contributed by atoms with Gasteiger partial charge in [-0.25, -0.2) is 13.6 Å². The van der Waals surface area contributed by atoms with Crippen molar-refractivity contribution in [3.05, 3.63) is 106 Å². The van der Waals surface area contributed by atoms with E-state index in [1.165, 1.54) is 12.1 Å². The second-order valence-corrected chi connectivity index (χ2v) is 8.97. The average Bonchev–Trinajstić information content (AvgIpc) is 3.18. The molecule has 5 nitrogen and oxygen atoms in total. The molecule has 0 unspecified atom stereocenters. The van der Waals surface area contributed by atoms with E-state index < -0.39 is 17.6 Å². The van der Waals surface area contributed by atoms with E-state index in [1.54, 1.807) is 24.3 Å². The van der Waals surface area contributed by atoms with Gasteiger partial charge < -0.3 is 19.3 Å². The van der Waals surface area contributed by atoms with Crippen LogP contribution in [0.25, 0.3) is 11.3 Å². The lowest BCUT2D eigenvalue weighted by Crippen LogP contribution is -2.22. The van der Waals surface area contributed by atoms with E-state index in [1.807, 2.05) is 49.2 Å². The van der Waals surface area contributed by atoms with Crippen molar-refractivity contribution in [3.63, 3.8) is 0 Å². The Kier molecular flexibility index (Phi) is 7.21. The molecule has 180 valence electrons. The average molecular weight is 541 g/mol. The van der Waals surface area contributed by atoms with Crippen LogP contribution in [0.3, 0.4) is 0 Å². The van der Waals surface area contributed by atoms with Gasteiger partial charge >= 0.3 is 5.97 Å². The fourth-order valence-electron chi connectivity index (χ4n) is 3.81. The molecule has 3 aromatic carbocycles. The molecule has 1 aromatic heterocycles. The molecule has 0 amide bonds. The maximum atomic E-state index is 14.1. The summed E-state index contributed by atoms with van der Waals surface area (Å²) in [4.78, 5) is 13.3. The second-order valence-electron chi connectivity index (χ2n) is 8.12. The molecular weight excluding hydrogens is 518 g/mol. The Hall–Kier alpha value is -3.65. The zero-order chi connectivity index (χ0) is 25.1. The third-order valence-corrected chi connectivity index (χ3v) is 6.38. The highest BCUT2D eigenvalue weighted by Gasteiger charge is 2.18. The van der Waals surface area contributed by atoms with Crippen molar-refractivity contribution in [1.82, 2.24) is 4.57 Å². The molecule has 35 heavy (non-hydrogen) atoms. The molecule has 0 saturated carbocycles. The summed E-state index contributed by atoms with van der Waals surface area (Å²) in [6.07, 6.45) is 0. The number of carbonyl (C=O) groups is 1. The van der Waals surface area contributed by atoms with Crippen LogP contribution in [0.2, 0.25) is 0 Å². The summed E-state index contributed by atoms with van der Waals surface area (Å²) in [7, 11) is 1.89. The third-order valence-electron chi connectivity index (χ3n) is 5.72. The Morgan fingerprint density at radius 3 is 2.57 bits per heavy atom. The largest absolute Gasteiger partial charge is 0.488 e. The number of hydrogen-bond donors (Lipinski definition) is 1. The summed E-state index contributed by atoms with van der Waals surface area (Å²) in [6.45, 7) is 2.37. The van der Waals surface area contributed by atoms with Crippen LogP contribution in [0.5, 0.6) is 5.75 Å². The van der Waals surface area contributed by atoms with Gasteiger partial charge in [-0.15, -0.1) is 0 Å². The number of hydrogen-bond acceptors (Lipinski definition) is 3. The lowest BCUT2D eigenvalue weighted by molar-refractivity contribution is 0.0697. The molecule has 0 aliphatic heterocycles. The molecule has 8 heteroatoms. The van der Waals surface area contributed by atoms with Crippen molar-refractivity contribution < 1.29 is 23.4 Å². The summed E-state index contributed by atoms with van der Waals surface area (Å²) in [5.74, 6) is -1.74. The lowest BCUT2D eigenvalue weighted by atomic mass is 10.1. The number of benzene rings is 3. The zero-order valence-corrected chi connectivity index (χ0v) is 20.7. The first-order valence-corrected chi connectivity index (χ1v) is 11.6. The number of rotatable bonds is 8. The molecule has 0 saturated heterocycles. The van der Waals surface area contributed by atoms with Crippen molar-refractivity contribution >= 4 is 27.6 Å². The molecule has 0 aliphatic rings. The van der Waals surface area contributed by atoms with Gasteiger partial charge in [0, 0.05) is 34.5 Å². The Morgan fingerprint density at radius 1 is 1.06 bits per heavy atom. The minimum absolute atomic E-state index is 0.0584. The number of carboxylic acids is 1. The van der Waals surface area contributed by atoms with Gasteiger partial charge in [0.25, 0.3) is 0 Å². The quantitative estimate of drug-likeness (QED) is 0.265. The molecule has 4 aromatic rings. The van der Waals surface area contributed by atoms with E-state index in [-0.39, 0.29) is 17.7 Å². The lowest BCUT2D eigenvalue weighted by Gasteiger charge is -2.24. The smallest absolute Gasteiger partial charge is 0.335 e. The molecule has 0 atom stereocenters. The number of ether oxygens (including phenoxy) is 1. The highest BCUT2D eigenvalue weighted by Crippen LogP contribution is 2.38. The van der Waals surface area contributed by atoms with E-state index >= 15 is 0 Å². The van der Waals surface area contributed by atoms with E-state index in [0.717, 1.165) is 33.2 Å². The molecule has 0 spiro atoms. The molecule has 4 rings (SSSR count). The Labute approximate surface area is 210 Å². The maximum absolute atomic E-state index is 14.1. The van der Waals surface area contributed by atoms with Crippen LogP contribution >= 0.6 is 15.9 Å². The van der Waals surface area contributed by atoms with Crippen LogP contribution in [-0.4, -0.2) is 22.7 Å². The van der Waals surface area contributed by atoms with Gasteiger partial charge in [0.1, 0.15) is 24.0 Å².